The molecule has 0 bridgehead atoms. The number of benzene rings is 3. The topological polar surface area (TPSA) is 65.2 Å². The number of halogens is 1. The second-order valence-corrected chi connectivity index (χ2v) is 8.77. The van der Waals surface area contributed by atoms with Crippen molar-refractivity contribution in [2.75, 3.05) is 0 Å². The smallest absolute Gasteiger partial charge is 0.255 e. The number of nitrogens with zero attached hydrogens (tertiary/aromatic N) is 1. The zero-order valence-corrected chi connectivity index (χ0v) is 17.9. The van der Waals surface area contributed by atoms with Gasteiger partial charge in [0.2, 0.25) is 5.91 Å². The van der Waals surface area contributed by atoms with E-state index >= 15 is 0 Å². The van der Waals surface area contributed by atoms with Gasteiger partial charge in [-0.3, -0.25) is 9.59 Å². The maximum absolute atomic E-state index is 13.4. The Kier molecular flexibility index (Phi) is 4.33. The van der Waals surface area contributed by atoms with Crippen LogP contribution in [0, 0.1) is 0 Å². The summed E-state index contributed by atoms with van der Waals surface area (Å²) in [4.78, 5) is 32.1. The van der Waals surface area contributed by atoms with Crippen LogP contribution in [0.25, 0.3) is 10.9 Å². The summed E-state index contributed by atoms with van der Waals surface area (Å²) in [5, 5.41) is 4.79. The molecule has 5 nitrogen and oxygen atoms in total. The first-order chi connectivity index (χ1) is 15.6. The Balaban J connectivity index is 1.41. The maximum atomic E-state index is 13.4. The van der Waals surface area contributed by atoms with Gasteiger partial charge in [-0.25, -0.2) is 0 Å². The van der Waals surface area contributed by atoms with Gasteiger partial charge in [0, 0.05) is 40.1 Å². The summed E-state index contributed by atoms with van der Waals surface area (Å²) in [6.45, 7) is 0.382. The minimum Gasteiger partial charge on any atom is -0.356 e. The highest BCUT2D eigenvalue weighted by molar-refractivity contribution is 6.30. The number of carbonyl (C=O) groups excluding carboxylic acids is 2. The van der Waals surface area contributed by atoms with E-state index < -0.39 is 6.04 Å². The van der Waals surface area contributed by atoms with Gasteiger partial charge in [0.1, 0.15) is 6.04 Å². The molecule has 3 aromatic carbocycles. The number of carbonyl (C=O) groups is 2. The van der Waals surface area contributed by atoms with Gasteiger partial charge in [0.25, 0.3) is 5.91 Å². The highest BCUT2D eigenvalue weighted by Crippen LogP contribution is 2.46. The van der Waals surface area contributed by atoms with Gasteiger partial charge >= 0.3 is 0 Å². The third-order valence-corrected chi connectivity index (χ3v) is 6.79. The number of nitrogens with one attached hydrogen (secondary N) is 2. The second kappa shape index (κ2) is 7.24. The third kappa shape index (κ3) is 2.85. The molecule has 2 aliphatic rings. The average Bonchev–Trinajstić information content (AvgIpc) is 3.34. The summed E-state index contributed by atoms with van der Waals surface area (Å²) in [6, 6.07) is 22.3. The number of H-pyrrole nitrogens is 1. The predicted octanol–water partition coefficient (Wildman–Crippen LogP) is 4.61. The Bertz CT molecular complexity index is 1380. The molecule has 0 radical (unpaired) electrons. The first-order valence-electron chi connectivity index (χ1n) is 10.6. The minimum absolute atomic E-state index is 0.0958. The molecule has 0 spiro atoms. The van der Waals surface area contributed by atoms with E-state index in [1.807, 2.05) is 54.6 Å². The van der Waals surface area contributed by atoms with E-state index in [1.165, 1.54) is 0 Å². The number of para-hydroxylation sites is 1. The van der Waals surface area contributed by atoms with Crippen LogP contribution in [0.4, 0.5) is 0 Å². The van der Waals surface area contributed by atoms with Crippen LogP contribution in [0.3, 0.4) is 0 Å². The molecule has 4 aromatic rings. The lowest BCUT2D eigenvalue weighted by atomic mass is 9.90. The number of hydrogen-bond acceptors (Lipinski definition) is 2. The summed E-state index contributed by atoms with van der Waals surface area (Å²) in [5.74, 6) is -0.247. The molecule has 2 amide bonds. The van der Waals surface area contributed by atoms with Crippen molar-refractivity contribution in [1.29, 1.82) is 0 Å². The molecule has 0 aliphatic carbocycles. The van der Waals surface area contributed by atoms with E-state index in [-0.39, 0.29) is 17.9 Å². The molecule has 32 heavy (non-hydrogen) atoms. The Morgan fingerprint density at radius 3 is 2.62 bits per heavy atom. The van der Waals surface area contributed by atoms with Gasteiger partial charge in [-0.1, -0.05) is 60.1 Å². The van der Waals surface area contributed by atoms with Crippen molar-refractivity contribution in [2.24, 2.45) is 0 Å². The number of aromatic amines is 1. The van der Waals surface area contributed by atoms with Gasteiger partial charge in [-0.2, -0.15) is 0 Å². The number of hydrogen-bond donors (Lipinski definition) is 2. The van der Waals surface area contributed by atoms with Crippen molar-refractivity contribution in [2.45, 2.75) is 25.0 Å². The molecule has 2 aliphatic heterocycles. The van der Waals surface area contributed by atoms with Crippen LogP contribution >= 0.6 is 11.6 Å². The van der Waals surface area contributed by atoms with Crippen LogP contribution in [0.1, 0.15) is 38.8 Å². The monoisotopic (exact) mass is 441 g/mol. The molecular formula is C26H20ClN3O2. The summed E-state index contributed by atoms with van der Waals surface area (Å²) in [5.41, 5.74) is 5.71. The van der Waals surface area contributed by atoms with Crippen LogP contribution in [0.5, 0.6) is 0 Å². The van der Waals surface area contributed by atoms with Crippen LogP contribution in [0.15, 0.2) is 72.8 Å². The molecule has 3 heterocycles. The Morgan fingerprint density at radius 2 is 1.78 bits per heavy atom. The van der Waals surface area contributed by atoms with Gasteiger partial charge in [0.15, 0.2) is 0 Å². The van der Waals surface area contributed by atoms with E-state index in [2.05, 4.69) is 16.4 Å². The van der Waals surface area contributed by atoms with Crippen LogP contribution in [0.2, 0.25) is 5.02 Å². The summed E-state index contributed by atoms with van der Waals surface area (Å²) in [6.07, 6.45) is 0.474. The number of rotatable bonds is 3. The molecule has 1 aromatic heterocycles. The van der Waals surface area contributed by atoms with Crippen molar-refractivity contribution >= 4 is 34.3 Å². The van der Waals surface area contributed by atoms with Crippen LogP contribution in [-0.2, 0) is 17.8 Å². The minimum atomic E-state index is -0.584. The number of aromatic nitrogens is 1. The lowest BCUT2D eigenvalue weighted by molar-refractivity contribution is -0.126. The molecule has 0 saturated heterocycles. The zero-order valence-electron chi connectivity index (χ0n) is 17.1. The standard InChI is InChI=1S/C26H20ClN3O2/c27-16-11-9-15(10-12-16)14-28-25(31)22-13-20-17-5-3-4-8-21(17)29-23(20)24-18-6-1-2-7-19(18)26(32)30(22)24/h1-12,22,24,29H,13-14H2,(H,28,31)/t22-,24-/m1/s1. The Morgan fingerprint density at radius 1 is 1.03 bits per heavy atom. The van der Waals surface area contributed by atoms with Crippen LogP contribution in [-0.4, -0.2) is 27.7 Å². The van der Waals surface area contributed by atoms with E-state index in [9.17, 15) is 9.59 Å². The first-order valence-corrected chi connectivity index (χ1v) is 11.0. The normalized spacial score (nSPS) is 18.9. The lowest BCUT2D eigenvalue weighted by Gasteiger charge is -2.37. The molecule has 2 N–H and O–H groups in total. The van der Waals surface area contributed by atoms with Crippen molar-refractivity contribution in [1.82, 2.24) is 15.2 Å². The molecule has 0 unspecified atom stereocenters. The average molecular weight is 442 g/mol. The molecule has 0 saturated carbocycles. The lowest BCUT2D eigenvalue weighted by Crippen LogP contribution is -2.52. The van der Waals surface area contributed by atoms with Crippen LogP contribution < -0.4 is 5.32 Å². The molecular weight excluding hydrogens is 422 g/mol. The molecule has 0 fully saturated rings. The van der Waals surface area contributed by atoms with Gasteiger partial charge < -0.3 is 15.2 Å². The summed E-state index contributed by atoms with van der Waals surface area (Å²) < 4.78 is 0. The first kappa shape index (κ1) is 19.1. The number of amides is 2. The highest BCUT2D eigenvalue weighted by atomic mass is 35.5. The van der Waals surface area contributed by atoms with E-state index in [0.29, 0.717) is 23.6 Å². The summed E-state index contributed by atoms with van der Waals surface area (Å²) in [7, 11) is 0. The largest absolute Gasteiger partial charge is 0.356 e. The van der Waals surface area contributed by atoms with E-state index in [0.717, 1.165) is 33.3 Å². The second-order valence-electron chi connectivity index (χ2n) is 8.33. The third-order valence-electron chi connectivity index (χ3n) is 6.53. The molecule has 2 atom stereocenters. The molecule has 6 rings (SSSR count). The van der Waals surface area contributed by atoms with Gasteiger partial charge in [-0.05, 0) is 41.0 Å². The fourth-order valence-electron chi connectivity index (χ4n) is 5.05. The van der Waals surface area contributed by atoms with E-state index in [1.54, 1.807) is 17.0 Å². The van der Waals surface area contributed by atoms with E-state index in [4.69, 9.17) is 11.6 Å². The fraction of sp³-hybridized carbons (Fsp3) is 0.154. The fourth-order valence-corrected chi connectivity index (χ4v) is 5.17. The van der Waals surface area contributed by atoms with Gasteiger partial charge in [-0.15, -0.1) is 0 Å². The van der Waals surface area contributed by atoms with Crippen molar-refractivity contribution in [3.05, 3.63) is 106 Å². The summed E-state index contributed by atoms with van der Waals surface area (Å²) >= 11 is 5.97. The quantitative estimate of drug-likeness (QED) is 0.487. The maximum Gasteiger partial charge on any atom is 0.255 e. The highest BCUT2D eigenvalue weighted by Gasteiger charge is 2.48. The molecule has 6 heteroatoms. The zero-order chi connectivity index (χ0) is 21.8. The number of fused-ring (bicyclic) bond motifs is 7. The predicted molar refractivity (Wildman–Crippen MR) is 124 cm³/mol. The van der Waals surface area contributed by atoms with Crippen molar-refractivity contribution in [3.8, 4) is 0 Å². The SMILES string of the molecule is O=C(NCc1ccc(Cl)cc1)[C@H]1Cc2c([nH]c3ccccc23)[C@H]2c3ccccc3C(=O)N21. The Labute approximate surface area is 190 Å². The molecule has 158 valence electrons. The van der Waals surface area contributed by atoms with Crippen molar-refractivity contribution < 1.29 is 9.59 Å². The van der Waals surface area contributed by atoms with Gasteiger partial charge in [0.05, 0.1) is 6.04 Å². The Hall–Kier alpha value is -3.57. The van der Waals surface area contributed by atoms with Crippen molar-refractivity contribution in [3.63, 3.8) is 0 Å².